The fourth-order valence-electron chi connectivity index (χ4n) is 3.08. The highest BCUT2D eigenvalue weighted by molar-refractivity contribution is 6.30. The maximum atomic E-state index is 12.4. The number of nitrogens with one attached hydrogen (secondary N) is 1. The maximum absolute atomic E-state index is 12.4. The molecule has 1 aromatic carbocycles. The second kappa shape index (κ2) is 9.03. The zero-order valence-electron chi connectivity index (χ0n) is 15.0. The Labute approximate surface area is 158 Å². The highest BCUT2D eigenvalue weighted by Gasteiger charge is 2.21. The minimum atomic E-state index is -0.0446. The minimum Gasteiger partial charge on any atom is -0.493 e. The summed E-state index contributed by atoms with van der Waals surface area (Å²) < 4.78 is 10.9. The third-order valence-corrected chi connectivity index (χ3v) is 4.59. The van der Waals surface area contributed by atoms with Crippen molar-refractivity contribution in [2.75, 3.05) is 6.61 Å². The van der Waals surface area contributed by atoms with Crippen LogP contribution < -0.4 is 10.1 Å². The van der Waals surface area contributed by atoms with Crippen molar-refractivity contribution in [3.63, 3.8) is 0 Å². The maximum Gasteiger partial charge on any atom is 0.226 e. The van der Waals surface area contributed by atoms with Crippen molar-refractivity contribution in [2.24, 2.45) is 0 Å². The predicted octanol–water partition coefficient (Wildman–Crippen LogP) is 4.03. The van der Waals surface area contributed by atoms with E-state index in [1.807, 2.05) is 18.2 Å². The number of carbonyl (C=O) groups is 1. The number of carbonyl (C=O) groups excluding carboxylic acids is 1. The van der Waals surface area contributed by atoms with Crippen molar-refractivity contribution in [3.05, 3.63) is 40.5 Å². The van der Waals surface area contributed by atoms with E-state index in [9.17, 15) is 4.79 Å². The van der Waals surface area contributed by atoms with Gasteiger partial charge >= 0.3 is 0 Å². The third-order valence-electron chi connectivity index (χ3n) is 4.36. The Morgan fingerprint density at radius 2 is 2.27 bits per heavy atom. The number of amides is 1. The van der Waals surface area contributed by atoms with Gasteiger partial charge in [0.2, 0.25) is 11.8 Å². The molecule has 3 rings (SSSR count). The number of benzene rings is 1. The van der Waals surface area contributed by atoms with Gasteiger partial charge in [-0.05, 0) is 37.8 Å². The molecule has 26 heavy (non-hydrogen) atoms. The Kier molecular flexibility index (Phi) is 6.50. The van der Waals surface area contributed by atoms with Gasteiger partial charge in [-0.25, -0.2) is 0 Å². The number of rotatable bonds is 7. The van der Waals surface area contributed by atoms with Crippen LogP contribution in [0, 0.1) is 0 Å². The summed E-state index contributed by atoms with van der Waals surface area (Å²) in [5, 5.41) is 7.68. The van der Waals surface area contributed by atoms with Crippen LogP contribution >= 0.6 is 11.6 Å². The Bertz CT molecular complexity index is 747. The van der Waals surface area contributed by atoms with E-state index >= 15 is 0 Å². The summed E-state index contributed by atoms with van der Waals surface area (Å²) in [4.78, 5) is 16.7. The van der Waals surface area contributed by atoms with Crippen LogP contribution in [0.2, 0.25) is 5.02 Å². The molecule has 0 spiro atoms. The number of ether oxygens (including phenoxy) is 1. The molecule has 2 heterocycles. The third kappa shape index (κ3) is 4.97. The van der Waals surface area contributed by atoms with Crippen LogP contribution in [0.4, 0.5) is 0 Å². The van der Waals surface area contributed by atoms with Gasteiger partial charge in [-0.1, -0.05) is 29.7 Å². The fraction of sp³-hybridized carbons (Fsp3) is 0.526. The lowest BCUT2D eigenvalue weighted by molar-refractivity contribution is -0.122. The standard InChI is InChI=1S/C19H24ClN3O3/c1-2-5-17-22-19(26-23-17)8-3-7-18(24)21-15-6-4-11-25-16-12-13(20)9-10-14(15)16/h9-10,12,15H,2-8,11H2,1H3,(H,21,24). The van der Waals surface area contributed by atoms with Crippen molar-refractivity contribution in [2.45, 2.75) is 57.9 Å². The molecular weight excluding hydrogens is 354 g/mol. The van der Waals surface area contributed by atoms with Crippen LogP contribution in [0.5, 0.6) is 5.75 Å². The van der Waals surface area contributed by atoms with E-state index in [1.165, 1.54) is 0 Å². The Morgan fingerprint density at radius 1 is 1.38 bits per heavy atom. The topological polar surface area (TPSA) is 77.2 Å². The minimum absolute atomic E-state index is 0.0195. The molecule has 0 saturated heterocycles. The van der Waals surface area contributed by atoms with E-state index in [0.717, 1.165) is 42.8 Å². The molecule has 1 aliphatic heterocycles. The van der Waals surface area contributed by atoms with Crippen LogP contribution in [0.1, 0.15) is 62.3 Å². The van der Waals surface area contributed by atoms with Gasteiger partial charge in [-0.3, -0.25) is 4.79 Å². The first-order valence-corrected chi connectivity index (χ1v) is 9.56. The first-order chi connectivity index (χ1) is 12.7. The van der Waals surface area contributed by atoms with Crippen LogP contribution in [-0.4, -0.2) is 22.7 Å². The zero-order chi connectivity index (χ0) is 18.4. The average Bonchev–Trinajstić information content (AvgIpc) is 2.96. The van der Waals surface area contributed by atoms with Crippen LogP contribution in [0.3, 0.4) is 0 Å². The molecule has 140 valence electrons. The van der Waals surface area contributed by atoms with E-state index in [2.05, 4.69) is 22.4 Å². The molecule has 1 N–H and O–H groups in total. The van der Waals surface area contributed by atoms with Crippen molar-refractivity contribution in [3.8, 4) is 5.75 Å². The molecule has 0 fully saturated rings. The summed E-state index contributed by atoms with van der Waals surface area (Å²) in [6.07, 6.45) is 5.26. The molecule has 2 aromatic rings. The van der Waals surface area contributed by atoms with E-state index in [4.69, 9.17) is 20.9 Å². The lowest BCUT2D eigenvalue weighted by Crippen LogP contribution is -2.28. The molecule has 1 unspecified atom stereocenters. The first-order valence-electron chi connectivity index (χ1n) is 9.18. The number of aromatic nitrogens is 2. The number of hydrogen-bond donors (Lipinski definition) is 1. The van der Waals surface area contributed by atoms with Crippen molar-refractivity contribution in [1.29, 1.82) is 0 Å². The summed E-state index contributed by atoms with van der Waals surface area (Å²) in [6, 6.07) is 5.53. The van der Waals surface area contributed by atoms with Crippen LogP contribution in [0.15, 0.2) is 22.7 Å². The Morgan fingerprint density at radius 3 is 3.12 bits per heavy atom. The molecule has 0 saturated carbocycles. The molecule has 7 heteroatoms. The van der Waals surface area contributed by atoms with Crippen LogP contribution in [0.25, 0.3) is 0 Å². The van der Waals surface area contributed by atoms with Crippen LogP contribution in [-0.2, 0) is 17.6 Å². The molecule has 1 aliphatic rings. The van der Waals surface area contributed by atoms with Gasteiger partial charge in [-0.2, -0.15) is 4.98 Å². The Hall–Kier alpha value is -2.08. The molecule has 0 aliphatic carbocycles. The monoisotopic (exact) mass is 377 g/mol. The summed E-state index contributed by atoms with van der Waals surface area (Å²) in [7, 11) is 0. The predicted molar refractivity (Wildman–Crippen MR) is 98.3 cm³/mol. The molecule has 6 nitrogen and oxygen atoms in total. The number of halogens is 1. The molecule has 1 amide bonds. The molecule has 1 atom stereocenters. The molecule has 0 radical (unpaired) electrons. The van der Waals surface area contributed by atoms with Gasteiger partial charge in [-0.15, -0.1) is 0 Å². The van der Waals surface area contributed by atoms with E-state index in [0.29, 0.717) is 36.8 Å². The zero-order valence-corrected chi connectivity index (χ0v) is 15.7. The highest BCUT2D eigenvalue weighted by Crippen LogP contribution is 2.33. The quantitative estimate of drug-likeness (QED) is 0.788. The largest absolute Gasteiger partial charge is 0.493 e. The number of nitrogens with zero attached hydrogens (tertiary/aromatic N) is 2. The van der Waals surface area contributed by atoms with Crippen molar-refractivity contribution < 1.29 is 14.1 Å². The smallest absolute Gasteiger partial charge is 0.226 e. The number of aryl methyl sites for hydroxylation is 2. The molecule has 1 aromatic heterocycles. The summed E-state index contributed by atoms with van der Waals surface area (Å²) >= 11 is 6.04. The lowest BCUT2D eigenvalue weighted by Gasteiger charge is -2.18. The van der Waals surface area contributed by atoms with Gasteiger partial charge in [0.05, 0.1) is 12.6 Å². The Balaban J connectivity index is 1.51. The summed E-state index contributed by atoms with van der Waals surface area (Å²) in [6.45, 7) is 2.71. The van der Waals surface area contributed by atoms with Gasteiger partial charge in [0.25, 0.3) is 0 Å². The normalized spacial score (nSPS) is 16.5. The van der Waals surface area contributed by atoms with E-state index < -0.39 is 0 Å². The molecular formula is C19H24ClN3O3. The molecule has 0 bridgehead atoms. The average molecular weight is 378 g/mol. The SMILES string of the molecule is CCCc1noc(CCCC(=O)NC2CCCOc3cc(Cl)ccc32)n1. The van der Waals surface area contributed by atoms with E-state index in [1.54, 1.807) is 0 Å². The second-order valence-electron chi connectivity index (χ2n) is 6.50. The van der Waals surface area contributed by atoms with Gasteiger partial charge in [0.1, 0.15) is 5.75 Å². The highest BCUT2D eigenvalue weighted by atomic mass is 35.5. The van der Waals surface area contributed by atoms with Gasteiger partial charge < -0.3 is 14.6 Å². The fourth-order valence-corrected chi connectivity index (χ4v) is 3.24. The number of hydrogen-bond acceptors (Lipinski definition) is 5. The van der Waals surface area contributed by atoms with Crippen molar-refractivity contribution in [1.82, 2.24) is 15.5 Å². The van der Waals surface area contributed by atoms with E-state index in [-0.39, 0.29) is 11.9 Å². The van der Waals surface area contributed by atoms with Gasteiger partial charge in [0.15, 0.2) is 5.82 Å². The van der Waals surface area contributed by atoms with Gasteiger partial charge in [0, 0.05) is 29.8 Å². The summed E-state index contributed by atoms with van der Waals surface area (Å²) in [5.41, 5.74) is 0.987. The number of fused-ring (bicyclic) bond motifs is 1. The second-order valence-corrected chi connectivity index (χ2v) is 6.94. The summed E-state index contributed by atoms with van der Waals surface area (Å²) in [5.74, 6) is 2.12. The first kappa shape index (κ1) is 18.7. The lowest BCUT2D eigenvalue weighted by atomic mass is 10.0. The van der Waals surface area contributed by atoms with Crippen molar-refractivity contribution >= 4 is 17.5 Å².